The predicted molar refractivity (Wildman–Crippen MR) is 120 cm³/mol. The molecule has 2 aromatic rings. The molecule has 0 aliphatic carbocycles. The third kappa shape index (κ3) is 6.18. The molecule has 13 heteroatoms. The summed E-state index contributed by atoms with van der Waals surface area (Å²) in [5.74, 6) is -3.53. The fraction of sp³-hybridized carbons (Fsp3) is 0.200. The van der Waals surface area contributed by atoms with E-state index in [9.17, 15) is 31.9 Å². The fourth-order valence-corrected chi connectivity index (χ4v) is 5.02. The van der Waals surface area contributed by atoms with Crippen molar-refractivity contribution in [2.45, 2.75) is 12.6 Å². The van der Waals surface area contributed by atoms with E-state index in [2.05, 4.69) is 5.32 Å². The van der Waals surface area contributed by atoms with Crippen LogP contribution in [0.4, 0.5) is 17.6 Å². The number of hydrogen-bond donors (Lipinski definition) is 2. The Hall–Kier alpha value is -2.77. The Balaban J connectivity index is 1.71. The summed E-state index contributed by atoms with van der Waals surface area (Å²) < 4.78 is 52.7. The molecule has 0 radical (unpaired) electrons. The molecule has 0 spiro atoms. The number of nitrogens with one attached hydrogen (secondary N) is 1. The number of rotatable bonds is 7. The van der Waals surface area contributed by atoms with Crippen LogP contribution in [0.2, 0.25) is 0 Å². The molecule has 3 rings (SSSR count). The summed E-state index contributed by atoms with van der Waals surface area (Å²) in [6.45, 7) is -0.560. The van der Waals surface area contributed by atoms with Gasteiger partial charge in [-0.1, -0.05) is 30.0 Å². The second-order valence-electron chi connectivity index (χ2n) is 6.68. The van der Waals surface area contributed by atoms with Crippen molar-refractivity contribution in [3.05, 3.63) is 50.8 Å². The Labute approximate surface area is 198 Å². The summed E-state index contributed by atoms with van der Waals surface area (Å²) in [6, 6.07) is 4.30. The maximum absolute atomic E-state index is 13.5. The highest BCUT2D eigenvalue weighted by Crippen LogP contribution is 2.37. The van der Waals surface area contributed by atoms with Gasteiger partial charge in [-0.2, -0.15) is 13.2 Å². The zero-order valence-electron chi connectivity index (χ0n) is 16.4. The number of nitrogens with zero attached hydrogens (tertiary/aromatic N) is 1. The maximum atomic E-state index is 13.5. The van der Waals surface area contributed by atoms with E-state index >= 15 is 0 Å². The third-order valence-electron chi connectivity index (χ3n) is 4.37. The van der Waals surface area contributed by atoms with E-state index in [4.69, 9.17) is 17.3 Å². The van der Waals surface area contributed by atoms with E-state index in [0.717, 1.165) is 23.9 Å². The number of thiocarbonyl (C=S) groups is 1. The Kier molecular flexibility index (Phi) is 7.55. The van der Waals surface area contributed by atoms with Crippen LogP contribution < -0.4 is 5.32 Å². The molecule has 1 aromatic carbocycles. The number of benzene rings is 1. The maximum Gasteiger partial charge on any atom is 0.419 e. The molecule has 0 bridgehead atoms. The average molecular weight is 519 g/mol. The molecule has 1 aliphatic heterocycles. The van der Waals surface area contributed by atoms with E-state index in [-0.39, 0.29) is 27.8 Å². The van der Waals surface area contributed by atoms with Gasteiger partial charge in [0, 0.05) is 17.8 Å². The number of alkyl halides is 3. The monoisotopic (exact) mass is 518 g/mol. The van der Waals surface area contributed by atoms with Gasteiger partial charge in [0.2, 0.25) is 5.91 Å². The number of halogens is 4. The zero-order valence-corrected chi connectivity index (χ0v) is 18.9. The lowest BCUT2D eigenvalue weighted by Gasteiger charge is -2.13. The second kappa shape index (κ2) is 10.0. The molecule has 1 aliphatic rings. The van der Waals surface area contributed by atoms with Crippen LogP contribution in [0.25, 0.3) is 17.2 Å². The Bertz CT molecular complexity index is 1160. The van der Waals surface area contributed by atoms with Crippen LogP contribution in [-0.2, 0) is 20.6 Å². The summed E-state index contributed by atoms with van der Waals surface area (Å²) in [5, 5.41) is 12.3. The molecule has 1 fully saturated rings. The largest absolute Gasteiger partial charge is 0.480 e. The van der Waals surface area contributed by atoms with E-state index in [1.54, 1.807) is 11.4 Å². The molecule has 0 saturated carbocycles. The first-order chi connectivity index (χ1) is 15.5. The minimum absolute atomic E-state index is 0.0288. The van der Waals surface area contributed by atoms with Gasteiger partial charge in [0.05, 0.1) is 10.5 Å². The van der Waals surface area contributed by atoms with E-state index in [1.165, 1.54) is 28.4 Å². The van der Waals surface area contributed by atoms with Crippen molar-refractivity contribution in [3.63, 3.8) is 0 Å². The van der Waals surface area contributed by atoms with Crippen molar-refractivity contribution in [3.8, 4) is 11.1 Å². The van der Waals surface area contributed by atoms with Crippen molar-refractivity contribution < 1.29 is 37.1 Å². The molecular weight excluding hydrogens is 504 g/mol. The van der Waals surface area contributed by atoms with Crippen LogP contribution in [0.15, 0.2) is 34.6 Å². The first kappa shape index (κ1) is 24.9. The Morgan fingerprint density at radius 2 is 1.94 bits per heavy atom. The molecule has 0 unspecified atom stereocenters. The molecular formula is C20H14F4N2O4S3. The molecule has 2 N–H and O–H groups in total. The van der Waals surface area contributed by atoms with Crippen molar-refractivity contribution in [2.24, 2.45) is 0 Å². The molecule has 6 nitrogen and oxygen atoms in total. The number of thiophene rings is 1. The second-order valence-corrected chi connectivity index (χ2v) is 9.30. The third-order valence-corrected chi connectivity index (χ3v) is 6.63. The normalized spacial score (nSPS) is 15.4. The van der Waals surface area contributed by atoms with Crippen LogP contribution in [-0.4, -0.2) is 45.2 Å². The van der Waals surface area contributed by atoms with Gasteiger partial charge in [0.15, 0.2) is 0 Å². The number of amides is 2. The number of carbonyl (C=O) groups excluding carboxylic acids is 2. The van der Waals surface area contributed by atoms with Gasteiger partial charge in [-0.3, -0.25) is 19.3 Å². The van der Waals surface area contributed by atoms with Gasteiger partial charge in [0.1, 0.15) is 16.7 Å². The highest BCUT2D eigenvalue weighted by Gasteiger charge is 2.34. The lowest BCUT2D eigenvalue weighted by molar-refractivity contribution is -0.140. The van der Waals surface area contributed by atoms with Gasteiger partial charge < -0.3 is 10.4 Å². The van der Waals surface area contributed by atoms with Crippen LogP contribution in [0, 0.1) is 5.82 Å². The first-order valence-corrected chi connectivity index (χ1v) is 11.3. The molecule has 1 aromatic heterocycles. The van der Waals surface area contributed by atoms with E-state index in [1.807, 2.05) is 0 Å². The summed E-state index contributed by atoms with van der Waals surface area (Å²) >= 11 is 7.37. The number of thioether (sulfide) groups is 1. The lowest BCUT2D eigenvalue weighted by Crippen LogP contribution is -2.35. The number of carboxylic acid groups (broad SMARTS) is 1. The molecule has 1 saturated heterocycles. The highest BCUT2D eigenvalue weighted by molar-refractivity contribution is 8.26. The van der Waals surface area contributed by atoms with Crippen molar-refractivity contribution in [1.29, 1.82) is 0 Å². The summed E-state index contributed by atoms with van der Waals surface area (Å²) in [7, 11) is 0. The van der Waals surface area contributed by atoms with Crippen molar-refractivity contribution in [2.75, 3.05) is 13.1 Å². The molecule has 2 heterocycles. The molecule has 174 valence electrons. The van der Waals surface area contributed by atoms with Gasteiger partial charge in [-0.15, -0.1) is 11.3 Å². The fourth-order valence-electron chi connectivity index (χ4n) is 2.80. The minimum atomic E-state index is -4.82. The number of hydrogen-bond acceptors (Lipinski definition) is 6. The Morgan fingerprint density at radius 1 is 1.21 bits per heavy atom. The smallest absolute Gasteiger partial charge is 0.419 e. The first-order valence-electron chi connectivity index (χ1n) is 9.15. The van der Waals surface area contributed by atoms with Crippen LogP contribution in [0.5, 0.6) is 0 Å². The molecule has 2 amide bonds. The summed E-state index contributed by atoms with van der Waals surface area (Å²) in [5.41, 5.74) is -0.747. The molecule has 33 heavy (non-hydrogen) atoms. The van der Waals surface area contributed by atoms with Crippen molar-refractivity contribution >= 4 is 63.5 Å². The molecule has 0 atom stereocenters. The predicted octanol–water partition coefficient (Wildman–Crippen LogP) is 4.37. The standard InChI is InChI=1S/C20H14F4N2O4S3/c21-14-2-1-10(6-13(14)20(22,23)24)11-5-12(32-9-11)7-15-18(30)26(19(31)33-15)4-3-16(27)25-8-17(28)29/h1-2,5-7,9H,3-4,8H2,(H,25,27)(H,28,29). The van der Waals surface area contributed by atoms with Gasteiger partial charge in [-0.05, 0) is 40.8 Å². The van der Waals surface area contributed by atoms with Crippen LogP contribution in [0.3, 0.4) is 0 Å². The number of carboxylic acids is 1. The number of aliphatic carboxylic acids is 1. The zero-order chi connectivity index (χ0) is 24.3. The highest BCUT2D eigenvalue weighted by atomic mass is 32.2. The van der Waals surface area contributed by atoms with Crippen molar-refractivity contribution in [1.82, 2.24) is 10.2 Å². The Morgan fingerprint density at radius 3 is 2.61 bits per heavy atom. The van der Waals surface area contributed by atoms with Crippen LogP contribution in [0.1, 0.15) is 16.9 Å². The average Bonchev–Trinajstić information content (AvgIpc) is 3.29. The minimum Gasteiger partial charge on any atom is -0.480 e. The van der Waals surface area contributed by atoms with E-state index < -0.39 is 41.9 Å². The lowest BCUT2D eigenvalue weighted by atomic mass is 10.0. The van der Waals surface area contributed by atoms with Gasteiger partial charge in [0.25, 0.3) is 5.91 Å². The topological polar surface area (TPSA) is 86.7 Å². The summed E-state index contributed by atoms with van der Waals surface area (Å²) in [4.78, 5) is 36.8. The van der Waals surface area contributed by atoms with Gasteiger partial charge >= 0.3 is 12.1 Å². The van der Waals surface area contributed by atoms with Gasteiger partial charge in [-0.25, -0.2) is 4.39 Å². The van der Waals surface area contributed by atoms with E-state index in [0.29, 0.717) is 10.4 Å². The quantitative estimate of drug-likeness (QED) is 0.322. The summed E-state index contributed by atoms with van der Waals surface area (Å²) in [6.07, 6.45) is -3.42. The number of carbonyl (C=O) groups is 3. The van der Waals surface area contributed by atoms with Crippen LogP contribution >= 0.6 is 35.3 Å². The SMILES string of the molecule is O=C(O)CNC(=O)CCN1C(=O)C(=Cc2cc(-c3ccc(F)c(C(F)(F)F)c3)cs2)SC1=S.